The molecule has 0 aliphatic heterocycles. The number of carbonyl (C=O) groups is 1. The number of carbonyl (C=O) groups excluding carboxylic acids is 1. The molecule has 0 aliphatic rings. The largest absolute Gasteiger partial charge is 0.435 e. The van der Waals surface area contributed by atoms with Gasteiger partial charge in [0.1, 0.15) is 17.1 Å². The number of pyridine rings is 1. The topological polar surface area (TPSA) is 97.0 Å². The Morgan fingerprint density at radius 3 is 2.78 bits per heavy atom. The Kier molecular flexibility index (Phi) is 5.50. The number of aromatic amines is 1. The van der Waals surface area contributed by atoms with Crippen LogP contribution >= 0.6 is 0 Å². The van der Waals surface area contributed by atoms with Gasteiger partial charge in [-0.05, 0) is 29.8 Å². The molecule has 0 atom stereocenters. The molecule has 3 rings (SSSR count). The minimum absolute atomic E-state index is 0.0166. The van der Waals surface area contributed by atoms with Gasteiger partial charge >= 0.3 is 6.61 Å². The van der Waals surface area contributed by atoms with Gasteiger partial charge < -0.3 is 15.0 Å². The van der Waals surface area contributed by atoms with Crippen molar-refractivity contribution in [3.05, 3.63) is 76.5 Å². The van der Waals surface area contributed by atoms with Crippen molar-refractivity contribution in [2.75, 3.05) is 0 Å². The Hall–Kier alpha value is -3.62. The summed E-state index contributed by atoms with van der Waals surface area (Å²) in [5.41, 5.74) is 0.383. The number of hydrogen-bond acceptors (Lipinski definition) is 5. The van der Waals surface area contributed by atoms with Crippen LogP contribution < -0.4 is 15.6 Å². The minimum Gasteiger partial charge on any atom is -0.435 e. The number of nitrogens with one attached hydrogen (secondary N) is 2. The second kappa shape index (κ2) is 8.17. The highest BCUT2D eigenvalue weighted by Crippen LogP contribution is 2.16. The smallest absolute Gasteiger partial charge is 0.387 e. The first-order valence-electron chi connectivity index (χ1n) is 7.84. The molecule has 2 N–H and O–H groups in total. The lowest BCUT2D eigenvalue weighted by molar-refractivity contribution is -0.0498. The van der Waals surface area contributed by atoms with E-state index < -0.39 is 18.1 Å². The Morgan fingerprint density at radius 1 is 1.22 bits per heavy atom. The number of hydrogen-bond donors (Lipinski definition) is 2. The van der Waals surface area contributed by atoms with E-state index in [-0.39, 0.29) is 17.9 Å². The van der Waals surface area contributed by atoms with Gasteiger partial charge in [-0.2, -0.15) is 8.78 Å². The molecule has 2 heterocycles. The fourth-order valence-electron chi connectivity index (χ4n) is 2.32. The summed E-state index contributed by atoms with van der Waals surface area (Å²) in [6, 6.07) is 9.33. The summed E-state index contributed by atoms with van der Waals surface area (Å²) >= 11 is 0. The van der Waals surface area contributed by atoms with Crippen LogP contribution in [0.1, 0.15) is 15.9 Å². The minimum atomic E-state index is -2.93. The van der Waals surface area contributed by atoms with Crippen molar-refractivity contribution in [1.82, 2.24) is 20.3 Å². The first-order valence-corrected chi connectivity index (χ1v) is 7.84. The maximum absolute atomic E-state index is 12.2. The van der Waals surface area contributed by atoms with Crippen molar-refractivity contribution < 1.29 is 18.3 Å². The molecule has 0 bridgehead atoms. The molecule has 2 aromatic heterocycles. The number of H-pyrrole nitrogens is 1. The molecular formula is C18H14F2N4O3. The molecule has 3 aromatic rings. The van der Waals surface area contributed by atoms with Gasteiger partial charge in [-0.15, -0.1) is 0 Å². The van der Waals surface area contributed by atoms with Gasteiger partial charge in [-0.25, -0.2) is 4.98 Å². The zero-order valence-corrected chi connectivity index (χ0v) is 13.9. The Labute approximate surface area is 152 Å². The second-order valence-electron chi connectivity index (χ2n) is 5.42. The third-order valence-electron chi connectivity index (χ3n) is 3.56. The zero-order chi connectivity index (χ0) is 19.2. The predicted octanol–water partition coefficient (Wildman–Crippen LogP) is 2.36. The molecule has 27 heavy (non-hydrogen) atoms. The third-order valence-corrected chi connectivity index (χ3v) is 3.56. The first-order chi connectivity index (χ1) is 13.0. The maximum atomic E-state index is 12.2. The van der Waals surface area contributed by atoms with Gasteiger partial charge in [0.15, 0.2) is 0 Å². The van der Waals surface area contributed by atoms with Gasteiger partial charge in [-0.3, -0.25) is 14.6 Å². The summed E-state index contributed by atoms with van der Waals surface area (Å²) in [4.78, 5) is 34.9. The van der Waals surface area contributed by atoms with Crippen molar-refractivity contribution >= 4 is 5.91 Å². The number of benzene rings is 1. The molecule has 0 saturated carbocycles. The molecule has 0 spiro atoms. The zero-order valence-electron chi connectivity index (χ0n) is 13.9. The van der Waals surface area contributed by atoms with E-state index in [2.05, 4.69) is 25.0 Å². The van der Waals surface area contributed by atoms with Crippen molar-refractivity contribution in [1.29, 1.82) is 0 Å². The van der Waals surface area contributed by atoms with Crippen LogP contribution in [0, 0.1) is 0 Å². The van der Waals surface area contributed by atoms with Gasteiger partial charge in [-0.1, -0.05) is 12.1 Å². The number of aromatic nitrogens is 3. The van der Waals surface area contributed by atoms with Crippen LogP contribution in [-0.4, -0.2) is 27.5 Å². The predicted molar refractivity (Wildman–Crippen MR) is 92.3 cm³/mol. The number of amides is 1. The van der Waals surface area contributed by atoms with E-state index in [9.17, 15) is 18.4 Å². The number of alkyl halides is 2. The molecule has 1 amide bonds. The average molecular weight is 372 g/mol. The lowest BCUT2D eigenvalue weighted by Crippen LogP contribution is -2.29. The van der Waals surface area contributed by atoms with Crippen molar-refractivity contribution in [3.8, 4) is 17.1 Å². The number of ether oxygens (including phenoxy) is 1. The van der Waals surface area contributed by atoms with Gasteiger partial charge in [0.2, 0.25) is 0 Å². The van der Waals surface area contributed by atoms with E-state index in [4.69, 9.17) is 0 Å². The summed E-state index contributed by atoms with van der Waals surface area (Å²) in [7, 11) is 0. The fraction of sp³-hybridized carbons (Fsp3) is 0.111. The summed E-state index contributed by atoms with van der Waals surface area (Å²) in [6.45, 7) is -2.90. The van der Waals surface area contributed by atoms with Gasteiger partial charge in [0.05, 0.1) is 0 Å². The SMILES string of the molecule is O=C(NCc1cccc(OC(F)F)c1)c1cnc(-c2cccnc2)[nH]c1=O. The van der Waals surface area contributed by atoms with E-state index in [0.29, 0.717) is 17.0 Å². The lowest BCUT2D eigenvalue weighted by atomic mass is 10.2. The summed E-state index contributed by atoms with van der Waals surface area (Å²) in [6.07, 6.45) is 4.30. The van der Waals surface area contributed by atoms with Crippen LogP contribution in [0.15, 0.2) is 59.8 Å². The average Bonchev–Trinajstić information content (AvgIpc) is 2.66. The van der Waals surface area contributed by atoms with E-state index in [1.54, 1.807) is 24.4 Å². The molecule has 0 saturated heterocycles. The normalized spacial score (nSPS) is 10.6. The van der Waals surface area contributed by atoms with Crippen LogP contribution in [0.5, 0.6) is 5.75 Å². The standard InChI is InChI=1S/C18H14F2N4O3/c19-18(20)27-13-5-1-3-11(7-13)8-23-16(25)14-10-22-15(24-17(14)26)12-4-2-6-21-9-12/h1-7,9-10,18H,8H2,(H,23,25)(H,22,24,26). The number of rotatable bonds is 6. The molecule has 7 nitrogen and oxygen atoms in total. The quantitative estimate of drug-likeness (QED) is 0.692. The molecule has 0 unspecified atom stereocenters. The van der Waals surface area contributed by atoms with E-state index in [1.807, 2.05) is 0 Å². The van der Waals surface area contributed by atoms with Crippen molar-refractivity contribution in [3.63, 3.8) is 0 Å². The molecular weight excluding hydrogens is 358 g/mol. The van der Waals surface area contributed by atoms with Crippen LogP contribution in [0.4, 0.5) is 8.78 Å². The first kappa shape index (κ1) is 18.2. The van der Waals surface area contributed by atoms with E-state index in [1.165, 1.54) is 30.6 Å². The van der Waals surface area contributed by atoms with E-state index >= 15 is 0 Å². The third kappa shape index (κ3) is 4.72. The molecule has 1 aromatic carbocycles. The van der Waals surface area contributed by atoms with Crippen LogP contribution in [0.2, 0.25) is 0 Å². The Morgan fingerprint density at radius 2 is 2.07 bits per heavy atom. The maximum Gasteiger partial charge on any atom is 0.387 e. The highest BCUT2D eigenvalue weighted by atomic mass is 19.3. The monoisotopic (exact) mass is 372 g/mol. The van der Waals surface area contributed by atoms with Crippen LogP contribution in [0.3, 0.4) is 0 Å². The molecule has 138 valence electrons. The van der Waals surface area contributed by atoms with Gasteiger partial charge in [0, 0.05) is 30.7 Å². The number of nitrogens with zero attached hydrogens (tertiary/aromatic N) is 2. The lowest BCUT2D eigenvalue weighted by Gasteiger charge is -2.08. The van der Waals surface area contributed by atoms with Crippen molar-refractivity contribution in [2.45, 2.75) is 13.2 Å². The summed E-state index contributed by atoms with van der Waals surface area (Å²) < 4.78 is 28.8. The number of halogens is 2. The highest BCUT2D eigenvalue weighted by Gasteiger charge is 2.13. The Balaban J connectivity index is 1.69. The van der Waals surface area contributed by atoms with Crippen molar-refractivity contribution in [2.24, 2.45) is 0 Å². The summed E-state index contributed by atoms with van der Waals surface area (Å²) in [5, 5.41) is 2.54. The molecule has 0 fully saturated rings. The highest BCUT2D eigenvalue weighted by molar-refractivity contribution is 5.93. The molecule has 0 radical (unpaired) electrons. The van der Waals surface area contributed by atoms with Crippen LogP contribution in [-0.2, 0) is 6.54 Å². The second-order valence-corrected chi connectivity index (χ2v) is 5.42. The van der Waals surface area contributed by atoms with Gasteiger partial charge in [0.25, 0.3) is 11.5 Å². The Bertz CT molecular complexity index is 993. The molecule has 9 heteroatoms. The van der Waals surface area contributed by atoms with Crippen LogP contribution in [0.25, 0.3) is 11.4 Å². The van der Waals surface area contributed by atoms with E-state index in [0.717, 1.165) is 0 Å². The fourth-order valence-corrected chi connectivity index (χ4v) is 2.32. The summed E-state index contributed by atoms with van der Waals surface area (Å²) in [5.74, 6) is -0.361. The molecule has 0 aliphatic carbocycles.